The Hall–Kier alpha value is -0.645. The Morgan fingerprint density at radius 3 is 2.56 bits per heavy atom. The van der Waals surface area contributed by atoms with Gasteiger partial charge in [-0.2, -0.15) is 13.2 Å². The third-order valence-corrected chi connectivity index (χ3v) is 2.31. The summed E-state index contributed by atoms with van der Waals surface area (Å²) in [4.78, 5) is 0. The van der Waals surface area contributed by atoms with Crippen LogP contribution in [0.1, 0.15) is 5.56 Å². The summed E-state index contributed by atoms with van der Waals surface area (Å²) in [7, 11) is 1.43. The van der Waals surface area contributed by atoms with E-state index in [4.69, 9.17) is 4.74 Å². The minimum atomic E-state index is -4.35. The van der Waals surface area contributed by atoms with Crippen LogP contribution in [0.4, 0.5) is 13.2 Å². The molecule has 1 aromatic carbocycles. The lowest BCUT2D eigenvalue weighted by Crippen LogP contribution is -2.23. The van der Waals surface area contributed by atoms with Crippen molar-refractivity contribution in [1.82, 2.24) is 0 Å². The van der Waals surface area contributed by atoms with Crippen LogP contribution < -0.4 is 10.2 Å². The molecule has 87 valence electrons. The molecule has 0 heterocycles. The summed E-state index contributed by atoms with van der Waals surface area (Å²) < 4.78 is 43.1. The first-order chi connectivity index (χ1) is 7.49. The van der Waals surface area contributed by atoms with E-state index in [2.05, 4.69) is 15.9 Å². The topological polar surface area (TPSA) is 9.23 Å². The van der Waals surface area contributed by atoms with Crippen molar-refractivity contribution in [2.24, 2.45) is 0 Å². The highest BCUT2D eigenvalue weighted by Gasteiger charge is 2.33. The first-order valence-electron chi connectivity index (χ1n) is 4.68. The zero-order valence-electron chi connectivity index (χ0n) is 8.64. The number of rotatable bonds is 4. The molecule has 0 saturated heterocycles. The molecule has 0 unspecified atom stereocenters. The molecular formula is C10H10BBrF3O. The molecule has 0 fully saturated rings. The van der Waals surface area contributed by atoms with Crippen molar-refractivity contribution in [2.75, 3.05) is 11.9 Å². The summed E-state index contributed by atoms with van der Waals surface area (Å²) >= 11 is 3.14. The Morgan fingerprint density at radius 1 is 1.38 bits per heavy atom. The van der Waals surface area contributed by atoms with E-state index in [0.29, 0.717) is 11.9 Å². The van der Waals surface area contributed by atoms with Crippen molar-refractivity contribution in [3.8, 4) is 5.75 Å². The standard InChI is InChI=1S/C10H10BBrF3O/c1-11-9-3-2-7(16-5-4-12)6-8(9)10(13,14)15/h2-3,6H,4-5H2,1H3. The SMILES string of the molecule is C[B]c1ccc(OCCBr)cc1C(F)(F)F. The quantitative estimate of drug-likeness (QED) is 0.613. The third-order valence-electron chi connectivity index (χ3n) is 1.99. The van der Waals surface area contributed by atoms with Crippen molar-refractivity contribution in [3.05, 3.63) is 23.8 Å². The molecule has 0 spiro atoms. The van der Waals surface area contributed by atoms with E-state index in [9.17, 15) is 13.2 Å². The Kier molecular flexibility index (Phi) is 4.71. The zero-order chi connectivity index (χ0) is 12.2. The van der Waals surface area contributed by atoms with E-state index in [0.717, 1.165) is 6.07 Å². The number of hydrogen-bond acceptors (Lipinski definition) is 1. The average Bonchev–Trinajstić information content (AvgIpc) is 2.24. The second kappa shape index (κ2) is 5.61. The Balaban J connectivity index is 3.02. The fourth-order valence-electron chi connectivity index (χ4n) is 1.28. The Bertz CT molecular complexity index is 354. The predicted molar refractivity (Wildman–Crippen MR) is 62.0 cm³/mol. The highest BCUT2D eigenvalue weighted by Crippen LogP contribution is 2.30. The monoisotopic (exact) mass is 293 g/mol. The Labute approximate surface area is 101 Å². The van der Waals surface area contributed by atoms with E-state index in [1.165, 1.54) is 19.4 Å². The molecule has 0 bridgehead atoms. The molecule has 0 N–H and O–H groups in total. The van der Waals surface area contributed by atoms with E-state index >= 15 is 0 Å². The van der Waals surface area contributed by atoms with Crippen LogP contribution in [0.5, 0.6) is 5.75 Å². The maximum atomic E-state index is 12.7. The molecule has 0 aliphatic carbocycles. The summed E-state index contributed by atoms with van der Waals surface area (Å²) in [6.07, 6.45) is -4.35. The first kappa shape index (κ1) is 13.4. The molecule has 1 rings (SSSR count). The Morgan fingerprint density at radius 2 is 2.06 bits per heavy atom. The number of halogens is 4. The van der Waals surface area contributed by atoms with Gasteiger partial charge in [0, 0.05) is 5.33 Å². The van der Waals surface area contributed by atoms with Gasteiger partial charge >= 0.3 is 6.18 Å². The van der Waals surface area contributed by atoms with Crippen molar-refractivity contribution in [2.45, 2.75) is 13.0 Å². The van der Waals surface area contributed by atoms with Crippen molar-refractivity contribution >= 4 is 28.7 Å². The zero-order valence-corrected chi connectivity index (χ0v) is 10.2. The maximum Gasteiger partial charge on any atom is 0.416 e. The summed E-state index contributed by atoms with van der Waals surface area (Å²) in [5, 5.41) is 0.579. The minimum absolute atomic E-state index is 0.165. The van der Waals surface area contributed by atoms with Gasteiger partial charge in [-0.05, 0) is 12.1 Å². The van der Waals surface area contributed by atoms with Gasteiger partial charge in [-0.1, -0.05) is 34.3 Å². The summed E-state index contributed by atoms with van der Waals surface area (Å²) in [6, 6.07) is 3.97. The molecule has 0 aliphatic rings. The number of alkyl halides is 4. The molecule has 0 amide bonds. The fourth-order valence-corrected chi connectivity index (χ4v) is 1.44. The second-order valence-corrected chi connectivity index (χ2v) is 3.87. The highest BCUT2D eigenvalue weighted by atomic mass is 79.9. The van der Waals surface area contributed by atoms with Crippen molar-refractivity contribution < 1.29 is 17.9 Å². The number of benzene rings is 1. The van der Waals surface area contributed by atoms with Crippen LogP contribution in [-0.2, 0) is 6.18 Å². The first-order valence-corrected chi connectivity index (χ1v) is 5.80. The van der Waals surface area contributed by atoms with Crippen LogP contribution in [0.2, 0.25) is 6.82 Å². The van der Waals surface area contributed by atoms with Crippen molar-refractivity contribution in [1.29, 1.82) is 0 Å². The second-order valence-electron chi connectivity index (χ2n) is 3.07. The molecule has 0 saturated carbocycles. The van der Waals surface area contributed by atoms with Gasteiger partial charge in [0.25, 0.3) is 0 Å². The normalized spacial score (nSPS) is 11.3. The van der Waals surface area contributed by atoms with Gasteiger partial charge in [0.05, 0.1) is 12.2 Å². The van der Waals surface area contributed by atoms with Gasteiger partial charge in [-0.15, -0.1) is 0 Å². The van der Waals surface area contributed by atoms with E-state index in [1.54, 1.807) is 6.82 Å². The largest absolute Gasteiger partial charge is 0.493 e. The lowest BCUT2D eigenvalue weighted by atomic mass is 9.71. The lowest BCUT2D eigenvalue weighted by molar-refractivity contribution is -0.136. The van der Waals surface area contributed by atoms with Gasteiger partial charge in [0.2, 0.25) is 0 Å². The molecule has 16 heavy (non-hydrogen) atoms. The maximum absolute atomic E-state index is 12.7. The molecular weight excluding hydrogens is 284 g/mol. The highest BCUT2D eigenvalue weighted by molar-refractivity contribution is 9.09. The van der Waals surface area contributed by atoms with E-state index in [1.807, 2.05) is 0 Å². The molecule has 1 nitrogen and oxygen atoms in total. The molecule has 0 aromatic heterocycles. The van der Waals surface area contributed by atoms with Crippen LogP contribution in [0, 0.1) is 0 Å². The van der Waals surface area contributed by atoms with E-state index in [-0.39, 0.29) is 11.2 Å². The minimum Gasteiger partial charge on any atom is -0.493 e. The molecule has 1 radical (unpaired) electrons. The summed E-state index contributed by atoms with van der Waals surface area (Å²) in [5.41, 5.74) is -0.499. The smallest absolute Gasteiger partial charge is 0.416 e. The van der Waals surface area contributed by atoms with Gasteiger partial charge in [-0.3, -0.25) is 0 Å². The van der Waals surface area contributed by atoms with Gasteiger partial charge < -0.3 is 4.74 Å². The summed E-state index contributed by atoms with van der Waals surface area (Å²) in [6.45, 7) is 1.91. The van der Waals surface area contributed by atoms with Crippen LogP contribution in [-0.4, -0.2) is 19.2 Å². The number of hydrogen-bond donors (Lipinski definition) is 0. The summed E-state index contributed by atoms with van der Waals surface area (Å²) in [5.74, 6) is 0.234. The molecule has 0 aliphatic heterocycles. The number of ether oxygens (including phenoxy) is 1. The van der Waals surface area contributed by atoms with Gasteiger partial charge in [-0.25, -0.2) is 0 Å². The van der Waals surface area contributed by atoms with Crippen LogP contribution in [0.15, 0.2) is 18.2 Å². The van der Waals surface area contributed by atoms with E-state index < -0.39 is 11.7 Å². The fraction of sp³-hybridized carbons (Fsp3) is 0.400. The average molecular weight is 294 g/mol. The lowest BCUT2D eigenvalue weighted by Gasteiger charge is -2.13. The van der Waals surface area contributed by atoms with Crippen LogP contribution in [0.3, 0.4) is 0 Å². The van der Waals surface area contributed by atoms with Crippen molar-refractivity contribution in [3.63, 3.8) is 0 Å². The van der Waals surface area contributed by atoms with Crippen LogP contribution >= 0.6 is 15.9 Å². The third kappa shape index (κ3) is 3.44. The van der Waals surface area contributed by atoms with Crippen LogP contribution in [0.25, 0.3) is 0 Å². The van der Waals surface area contributed by atoms with Gasteiger partial charge in [0.1, 0.15) is 13.0 Å². The molecule has 1 aromatic rings. The van der Waals surface area contributed by atoms with Gasteiger partial charge in [0.15, 0.2) is 0 Å². The molecule has 0 atom stereocenters. The molecule has 6 heteroatoms. The predicted octanol–water partition coefficient (Wildman–Crippen LogP) is 2.86.